The SMILES string of the molecule is CSC1CCCC1NCc1cc(F)c(O)c(F)c1. The van der Waals surface area contributed by atoms with Gasteiger partial charge >= 0.3 is 0 Å². The molecule has 0 radical (unpaired) electrons. The molecule has 2 rings (SSSR count). The third-order valence-electron chi connectivity index (χ3n) is 3.40. The summed E-state index contributed by atoms with van der Waals surface area (Å²) < 4.78 is 26.3. The molecule has 1 saturated carbocycles. The smallest absolute Gasteiger partial charge is 0.187 e. The lowest BCUT2D eigenvalue weighted by molar-refractivity contribution is 0.394. The Hall–Kier alpha value is -0.810. The van der Waals surface area contributed by atoms with Gasteiger partial charge in [0.2, 0.25) is 0 Å². The van der Waals surface area contributed by atoms with Crippen LogP contribution in [0.15, 0.2) is 12.1 Å². The Labute approximate surface area is 110 Å². The summed E-state index contributed by atoms with van der Waals surface area (Å²) in [5.41, 5.74) is 0.523. The molecular weight excluding hydrogens is 256 g/mol. The van der Waals surface area contributed by atoms with E-state index in [0.29, 0.717) is 23.4 Å². The Morgan fingerprint density at radius 2 is 2.00 bits per heavy atom. The molecule has 100 valence electrons. The lowest BCUT2D eigenvalue weighted by Crippen LogP contribution is -2.33. The zero-order valence-corrected chi connectivity index (χ0v) is 11.1. The van der Waals surface area contributed by atoms with Crippen LogP contribution in [0, 0.1) is 11.6 Å². The van der Waals surface area contributed by atoms with E-state index >= 15 is 0 Å². The van der Waals surface area contributed by atoms with Crippen LogP contribution in [0.1, 0.15) is 24.8 Å². The average molecular weight is 273 g/mol. The zero-order chi connectivity index (χ0) is 13.1. The van der Waals surface area contributed by atoms with Gasteiger partial charge in [-0.1, -0.05) is 6.42 Å². The number of hydrogen-bond donors (Lipinski definition) is 2. The Balaban J connectivity index is 1.98. The number of phenolic OH excluding ortho intramolecular Hbond substituents is 1. The summed E-state index contributed by atoms with van der Waals surface area (Å²) in [5, 5.41) is 12.9. The molecule has 2 nitrogen and oxygen atoms in total. The second-order valence-electron chi connectivity index (χ2n) is 4.60. The largest absolute Gasteiger partial charge is 0.503 e. The van der Waals surface area contributed by atoms with Crippen LogP contribution in [-0.2, 0) is 6.54 Å². The number of rotatable bonds is 4. The fraction of sp³-hybridized carbons (Fsp3) is 0.538. The molecule has 0 bridgehead atoms. The van der Waals surface area contributed by atoms with Crippen molar-refractivity contribution in [2.24, 2.45) is 0 Å². The number of halogens is 2. The van der Waals surface area contributed by atoms with Crippen molar-refractivity contribution in [3.8, 4) is 5.75 Å². The predicted octanol–water partition coefficient (Wildman–Crippen LogP) is 3.04. The molecule has 1 aromatic carbocycles. The molecule has 0 amide bonds. The summed E-state index contributed by atoms with van der Waals surface area (Å²) in [5.74, 6) is -2.71. The van der Waals surface area contributed by atoms with Gasteiger partial charge in [-0.3, -0.25) is 0 Å². The van der Waals surface area contributed by atoms with Crippen LogP contribution in [0.5, 0.6) is 5.75 Å². The van der Waals surface area contributed by atoms with E-state index in [1.165, 1.54) is 25.0 Å². The van der Waals surface area contributed by atoms with E-state index in [2.05, 4.69) is 11.6 Å². The van der Waals surface area contributed by atoms with Crippen molar-refractivity contribution in [1.29, 1.82) is 0 Å². The van der Waals surface area contributed by atoms with E-state index in [-0.39, 0.29) is 0 Å². The van der Waals surface area contributed by atoms with E-state index in [9.17, 15) is 8.78 Å². The Morgan fingerprint density at radius 3 is 2.61 bits per heavy atom. The number of hydrogen-bond acceptors (Lipinski definition) is 3. The van der Waals surface area contributed by atoms with E-state index in [4.69, 9.17) is 5.11 Å². The van der Waals surface area contributed by atoms with Gasteiger partial charge in [-0.2, -0.15) is 11.8 Å². The molecule has 1 fully saturated rings. The zero-order valence-electron chi connectivity index (χ0n) is 10.2. The standard InChI is InChI=1S/C13H17F2NOS/c1-18-12-4-2-3-11(12)16-7-8-5-9(14)13(17)10(15)6-8/h5-6,11-12,16-17H,2-4,7H2,1H3. The molecule has 0 aromatic heterocycles. The monoisotopic (exact) mass is 273 g/mol. The molecular formula is C13H17F2NOS. The molecule has 0 aliphatic heterocycles. The lowest BCUT2D eigenvalue weighted by atomic mass is 10.1. The first-order chi connectivity index (χ1) is 8.61. The number of aromatic hydroxyl groups is 1. The Bertz CT molecular complexity index is 404. The maximum atomic E-state index is 13.2. The quantitative estimate of drug-likeness (QED) is 0.884. The van der Waals surface area contributed by atoms with Crippen LogP contribution in [0.3, 0.4) is 0 Å². The van der Waals surface area contributed by atoms with Crippen molar-refractivity contribution in [2.45, 2.75) is 37.1 Å². The van der Waals surface area contributed by atoms with Crippen LogP contribution < -0.4 is 5.32 Å². The van der Waals surface area contributed by atoms with E-state index in [1.807, 2.05) is 11.8 Å². The van der Waals surface area contributed by atoms with Crippen LogP contribution in [0.25, 0.3) is 0 Å². The van der Waals surface area contributed by atoms with Crippen LogP contribution in [0.4, 0.5) is 8.78 Å². The van der Waals surface area contributed by atoms with Gasteiger partial charge in [0.25, 0.3) is 0 Å². The van der Waals surface area contributed by atoms with Crippen molar-refractivity contribution in [3.63, 3.8) is 0 Å². The average Bonchev–Trinajstić information content (AvgIpc) is 2.80. The summed E-state index contributed by atoms with van der Waals surface area (Å²) in [4.78, 5) is 0. The summed E-state index contributed by atoms with van der Waals surface area (Å²) in [6.45, 7) is 0.426. The normalized spacial score (nSPS) is 23.5. The number of thioether (sulfide) groups is 1. The fourth-order valence-electron chi connectivity index (χ4n) is 2.41. The Kier molecular flexibility index (Phi) is 4.45. The van der Waals surface area contributed by atoms with Gasteiger partial charge in [0.1, 0.15) is 0 Å². The second-order valence-corrected chi connectivity index (χ2v) is 5.68. The van der Waals surface area contributed by atoms with Crippen molar-refractivity contribution < 1.29 is 13.9 Å². The maximum Gasteiger partial charge on any atom is 0.187 e. The van der Waals surface area contributed by atoms with Crippen molar-refractivity contribution in [3.05, 3.63) is 29.3 Å². The van der Waals surface area contributed by atoms with Gasteiger partial charge in [-0.15, -0.1) is 0 Å². The van der Waals surface area contributed by atoms with Crippen molar-refractivity contribution in [2.75, 3.05) is 6.26 Å². The predicted molar refractivity (Wildman–Crippen MR) is 69.8 cm³/mol. The third kappa shape index (κ3) is 2.95. The number of nitrogens with one attached hydrogen (secondary N) is 1. The minimum Gasteiger partial charge on any atom is -0.503 e. The Morgan fingerprint density at radius 1 is 1.33 bits per heavy atom. The van der Waals surface area contributed by atoms with E-state index in [1.54, 1.807) is 0 Å². The van der Waals surface area contributed by atoms with Crippen LogP contribution in [0.2, 0.25) is 0 Å². The van der Waals surface area contributed by atoms with E-state index < -0.39 is 17.4 Å². The highest BCUT2D eigenvalue weighted by atomic mass is 32.2. The number of benzene rings is 1. The van der Waals surface area contributed by atoms with Crippen LogP contribution >= 0.6 is 11.8 Å². The van der Waals surface area contributed by atoms with Crippen molar-refractivity contribution in [1.82, 2.24) is 5.32 Å². The first-order valence-electron chi connectivity index (χ1n) is 6.05. The molecule has 5 heteroatoms. The molecule has 0 saturated heterocycles. The highest BCUT2D eigenvalue weighted by Gasteiger charge is 2.25. The van der Waals surface area contributed by atoms with Gasteiger partial charge in [0.05, 0.1) is 0 Å². The molecule has 0 spiro atoms. The molecule has 1 aromatic rings. The first kappa shape index (κ1) is 13.6. The van der Waals surface area contributed by atoms with Gasteiger partial charge in [0, 0.05) is 17.8 Å². The molecule has 18 heavy (non-hydrogen) atoms. The highest BCUT2D eigenvalue weighted by molar-refractivity contribution is 7.99. The minimum absolute atomic E-state index is 0.403. The first-order valence-corrected chi connectivity index (χ1v) is 7.33. The van der Waals surface area contributed by atoms with Gasteiger partial charge in [-0.25, -0.2) is 8.78 Å². The van der Waals surface area contributed by atoms with Crippen molar-refractivity contribution >= 4 is 11.8 Å². The summed E-state index contributed by atoms with van der Waals surface area (Å²) in [6, 6.07) is 2.75. The summed E-state index contributed by atoms with van der Waals surface area (Å²) in [6.07, 6.45) is 5.58. The molecule has 0 heterocycles. The minimum atomic E-state index is -0.903. The topological polar surface area (TPSA) is 32.3 Å². The molecule has 1 aliphatic rings. The fourth-order valence-corrected chi connectivity index (χ4v) is 3.37. The number of phenols is 1. The second kappa shape index (κ2) is 5.89. The summed E-state index contributed by atoms with van der Waals surface area (Å²) in [7, 11) is 0. The molecule has 2 unspecified atom stereocenters. The molecule has 2 N–H and O–H groups in total. The third-order valence-corrected chi connectivity index (χ3v) is 4.57. The maximum absolute atomic E-state index is 13.2. The highest BCUT2D eigenvalue weighted by Crippen LogP contribution is 2.29. The van der Waals surface area contributed by atoms with Gasteiger partial charge in [-0.05, 0) is 36.8 Å². The van der Waals surface area contributed by atoms with E-state index in [0.717, 1.165) is 6.42 Å². The summed E-state index contributed by atoms with van der Waals surface area (Å²) >= 11 is 1.83. The van der Waals surface area contributed by atoms with Crippen LogP contribution in [-0.4, -0.2) is 22.7 Å². The van der Waals surface area contributed by atoms with Gasteiger partial charge < -0.3 is 10.4 Å². The van der Waals surface area contributed by atoms with Gasteiger partial charge in [0.15, 0.2) is 17.4 Å². The molecule has 1 aliphatic carbocycles. The molecule has 2 atom stereocenters. The lowest BCUT2D eigenvalue weighted by Gasteiger charge is -2.19.